The third-order valence-corrected chi connectivity index (χ3v) is 2.01. The van der Waals surface area contributed by atoms with Gasteiger partial charge in [0, 0.05) is 6.42 Å². The van der Waals surface area contributed by atoms with Crippen molar-refractivity contribution in [3.05, 3.63) is 0 Å². The van der Waals surface area contributed by atoms with Crippen LogP contribution in [0, 0.1) is 5.92 Å². The number of rotatable bonds is 5. The van der Waals surface area contributed by atoms with Gasteiger partial charge in [-0.1, -0.05) is 36.2 Å². The first-order valence-corrected chi connectivity index (χ1v) is 4.86. The Labute approximate surface area is 71.3 Å². The highest BCUT2D eigenvalue weighted by molar-refractivity contribution is 9.09. The van der Waals surface area contributed by atoms with Gasteiger partial charge in [-0.15, -0.1) is 0 Å². The van der Waals surface area contributed by atoms with Crippen molar-refractivity contribution in [1.29, 1.82) is 0 Å². The minimum Gasteiger partial charge on any atom is -0.299 e. The number of hydrogen-bond acceptors (Lipinski definition) is 1. The van der Waals surface area contributed by atoms with Crippen LogP contribution in [0.25, 0.3) is 0 Å². The zero-order valence-electron chi connectivity index (χ0n) is 6.69. The zero-order valence-corrected chi connectivity index (χ0v) is 8.28. The van der Waals surface area contributed by atoms with E-state index in [1.165, 1.54) is 6.42 Å². The largest absolute Gasteiger partial charge is 0.299 e. The van der Waals surface area contributed by atoms with E-state index in [4.69, 9.17) is 0 Å². The van der Waals surface area contributed by atoms with Gasteiger partial charge in [-0.05, 0) is 12.3 Å². The van der Waals surface area contributed by atoms with Crippen molar-refractivity contribution in [3.8, 4) is 0 Å². The van der Waals surface area contributed by atoms with Gasteiger partial charge < -0.3 is 0 Å². The molecule has 0 fully saturated rings. The van der Waals surface area contributed by atoms with Gasteiger partial charge in [-0.25, -0.2) is 0 Å². The molecule has 0 radical (unpaired) electrons. The normalized spacial score (nSPS) is 10.4. The number of carbonyl (C=O) groups is 1. The maximum Gasteiger partial charge on any atom is 0.143 e. The molecule has 10 heavy (non-hydrogen) atoms. The first-order chi connectivity index (χ1) is 4.66. The fourth-order valence-corrected chi connectivity index (χ4v) is 1.05. The summed E-state index contributed by atoms with van der Waals surface area (Å²) in [5.74, 6) is 1.05. The molecule has 0 unspecified atom stereocenters. The van der Waals surface area contributed by atoms with Crippen LogP contribution in [0.15, 0.2) is 0 Å². The van der Waals surface area contributed by atoms with Crippen LogP contribution in [0.1, 0.15) is 33.1 Å². The lowest BCUT2D eigenvalue weighted by molar-refractivity contribution is -0.116. The maximum absolute atomic E-state index is 10.7. The summed E-state index contributed by atoms with van der Waals surface area (Å²) in [5, 5.41) is 0.519. The summed E-state index contributed by atoms with van der Waals surface area (Å²) in [7, 11) is 0. The van der Waals surface area contributed by atoms with Crippen LogP contribution in [0.4, 0.5) is 0 Å². The minimum atomic E-state index is 0.320. The van der Waals surface area contributed by atoms with Gasteiger partial charge in [0.05, 0.1) is 5.33 Å². The summed E-state index contributed by atoms with van der Waals surface area (Å²) < 4.78 is 0. The molecule has 0 amide bonds. The van der Waals surface area contributed by atoms with E-state index in [0.29, 0.717) is 11.1 Å². The van der Waals surface area contributed by atoms with Gasteiger partial charge in [0.25, 0.3) is 0 Å². The Morgan fingerprint density at radius 2 is 2.10 bits per heavy atom. The van der Waals surface area contributed by atoms with Crippen LogP contribution in [0.3, 0.4) is 0 Å². The van der Waals surface area contributed by atoms with Crippen LogP contribution < -0.4 is 0 Å². The van der Waals surface area contributed by atoms with Gasteiger partial charge >= 0.3 is 0 Å². The lowest BCUT2D eigenvalue weighted by atomic mass is 10.1. The predicted molar refractivity (Wildman–Crippen MR) is 47.5 cm³/mol. The Kier molecular flexibility index (Phi) is 5.99. The molecule has 0 N–H and O–H groups in total. The maximum atomic E-state index is 10.7. The van der Waals surface area contributed by atoms with Crippen LogP contribution in [0.2, 0.25) is 0 Å². The zero-order chi connectivity index (χ0) is 7.98. The Balaban J connectivity index is 3.12. The molecule has 0 aromatic rings. The van der Waals surface area contributed by atoms with Crippen LogP contribution in [0.5, 0.6) is 0 Å². The summed E-state index contributed by atoms with van der Waals surface area (Å²) in [5.41, 5.74) is 0. The number of Topliss-reactive ketones (excluding diaryl/α,β-unsaturated/α-hetero) is 1. The molecule has 0 spiro atoms. The molecule has 0 aliphatic heterocycles. The van der Waals surface area contributed by atoms with Gasteiger partial charge in [0.1, 0.15) is 5.78 Å². The number of alkyl halides is 1. The van der Waals surface area contributed by atoms with Crippen molar-refractivity contribution in [1.82, 2.24) is 0 Å². The second kappa shape index (κ2) is 5.90. The summed E-state index contributed by atoms with van der Waals surface area (Å²) in [6, 6.07) is 0. The van der Waals surface area contributed by atoms with Crippen LogP contribution in [-0.4, -0.2) is 11.1 Å². The molecular weight excluding hydrogens is 192 g/mol. The van der Waals surface area contributed by atoms with Gasteiger partial charge in [-0.2, -0.15) is 0 Å². The summed E-state index contributed by atoms with van der Waals surface area (Å²) in [4.78, 5) is 10.7. The van der Waals surface area contributed by atoms with E-state index in [1.54, 1.807) is 0 Å². The number of carbonyl (C=O) groups excluding carboxylic acids is 1. The van der Waals surface area contributed by atoms with Gasteiger partial charge in [0.2, 0.25) is 0 Å². The lowest BCUT2D eigenvalue weighted by Crippen LogP contribution is -1.99. The molecule has 0 saturated carbocycles. The monoisotopic (exact) mass is 206 g/mol. The summed E-state index contributed by atoms with van der Waals surface area (Å²) in [6.45, 7) is 4.36. The highest BCUT2D eigenvalue weighted by Gasteiger charge is 1.99. The quantitative estimate of drug-likeness (QED) is 0.633. The second-order valence-electron chi connectivity index (χ2n) is 2.96. The van der Waals surface area contributed by atoms with Crippen molar-refractivity contribution in [2.75, 3.05) is 5.33 Å². The van der Waals surface area contributed by atoms with Gasteiger partial charge in [0.15, 0.2) is 0 Å². The summed E-state index contributed by atoms with van der Waals surface area (Å²) >= 11 is 3.13. The number of ketones is 1. The van der Waals surface area contributed by atoms with E-state index in [9.17, 15) is 4.79 Å². The highest BCUT2D eigenvalue weighted by atomic mass is 79.9. The van der Waals surface area contributed by atoms with Crippen molar-refractivity contribution in [2.24, 2.45) is 5.92 Å². The molecule has 0 saturated heterocycles. The van der Waals surface area contributed by atoms with Crippen molar-refractivity contribution in [2.45, 2.75) is 33.1 Å². The third-order valence-electron chi connectivity index (χ3n) is 1.39. The number of hydrogen-bond donors (Lipinski definition) is 0. The average molecular weight is 207 g/mol. The minimum absolute atomic E-state index is 0.320. The number of halogens is 1. The first kappa shape index (κ1) is 10.2. The molecule has 2 heteroatoms. The molecule has 0 heterocycles. The van der Waals surface area contributed by atoms with E-state index in [1.807, 2.05) is 0 Å². The van der Waals surface area contributed by atoms with E-state index in [-0.39, 0.29) is 0 Å². The average Bonchev–Trinajstić information content (AvgIpc) is 1.87. The standard InChI is InChI=1S/C8H15BrO/c1-7(2)4-3-5-8(10)6-9/h7H,3-6H2,1-2H3. The molecule has 0 aromatic heterocycles. The molecular formula is C8H15BrO. The van der Waals surface area contributed by atoms with Crippen molar-refractivity contribution < 1.29 is 4.79 Å². The van der Waals surface area contributed by atoms with Crippen molar-refractivity contribution >= 4 is 21.7 Å². The highest BCUT2D eigenvalue weighted by Crippen LogP contribution is 2.06. The van der Waals surface area contributed by atoms with E-state index in [2.05, 4.69) is 29.8 Å². The lowest BCUT2D eigenvalue weighted by Gasteiger charge is -2.01. The van der Waals surface area contributed by atoms with Crippen LogP contribution >= 0.6 is 15.9 Å². The Hall–Kier alpha value is 0.150. The van der Waals surface area contributed by atoms with Crippen molar-refractivity contribution in [3.63, 3.8) is 0 Å². The smallest absolute Gasteiger partial charge is 0.143 e. The molecule has 0 aliphatic rings. The molecule has 1 nitrogen and oxygen atoms in total. The fraction of sp³-hybridized carbons (Fsp3) is 0.875. The molecule has 0 aromatic carbocycles. The topological polar surface area (TPSA) is 17.1 Å². The van der Waals surface area contributed by atoms with E-state index >= 15 is 0 Å². The van der Waals surface area contributed by atoms with E-state index < -0.39 is 0 Å². The summed E-state index contributed by atoms with van der Waals surface area (Å²) in [6.07, 6.45) is 2.95. The van der Waals surface area contributed by atoms with Crippen LogP contribution in [-0.2, 0) is 4.79 Å². The molecule has 0 rings (SSSR count). The van der Waals surface area contributed by atoms with Gasteiger partial charge in [-0.3, -0.25) is 4.79 Å². The Bertz CT molecular complexity index is 99.4. The molecule has 0 atom stereocenters. The second-order valence-corrected chi connectivity index (χ2v) is 3.52. The Morgan fingerprint density at radius 3 is 2.50 bits per heavy atom. The third kappa shape index (κ3) is 6.27. The SMILES string of the molecule is CC(C)CCCC(=O)CBr. The fourth-order valence-electron chi connectivity index (χ4n) is 0.774. The first-order valence-electron chi connectivity index (χ1n) is 3.74. The molecule has 0 bridgehead atoms. The molecule has 0 aliphatic carbocycles. The predicted octanol–water partition coefficient (Wildman–Crippen LogP) is 2.78. The Morgan fingerprint density at radius 1 is 1.50 bits per heavy atom. The molecule has 60 valence electrons. The van der Waals surface area contributed by atoms with E-state index in [0.717, 1.165) is 18.8 Å².